The van der Waals surface area contributed by atoms with Crippen molar-refractivity contribution in [1.82, 2.24) is 9.88 Å². The van der Waals surface area contributed by atoms with Gasteiger partial charge in [-0.25, -0.2) is 9.98 Å². The van der Waals surface area contributed by atoms with Crippen molar-refractivity contribution in [1.29, 1.82) is 0 Å². The van der Waals surface area contributed by atoms with Gasteiger partial charge < -0.3 is 20.1 Å². The van der Waals surface area contributed by atoms with E-state index in [4.69, 9.17) is 15.2 Å². The quantitative estimate of drug-likeness (QED) is 0.364. The van der Waals surface area contributed by atoms with Gasteiger partial charge in [0.15, 0.2) is 17.5 Å². The Kier molecular flexibility index (Phi) is 8.82. The number of likely N-dealkylation sites (tertiary alicyclic amines) is 1. The first-order valence-electron chi connectivity index (χ1n) is 9.55. The van der Waals surface area contributed by atoms with Crippen LogP contribution in [0.4, 0.5) is 0 Å². The van der Waals surface area contributed by atoms with Crippen molar-refractivity contribution in [2.24, 2.45) is 16.6 Å². The Bertz CT molecular complexity index is 759. The summed E-state index contributed by atoms with van der Waals surface area (Å²) in [7, 11) is 0. The van der Waals surface area contributed by atoms with E-state index >= 15 is 0 Å². The molecule has 2 N–H and O–H groups in total. The molecule has 1 saturated heterocycles. The zero-order valence-corrected chi connectivity index (χ0v) is 18.8. The van der Waals surface area contributed by atoms with Gasteiger partial charge in [0.05, 0.1) is 13.2 Å². The van der Waals surface area contributed by atoms with Gasteiger partial charge in [0.1, 0.15) is 0 Å². The van der Waals surface area contributed by atoms with Gasteiger partial charge in [0.2, 0.25) is 5.88 Å². The molecule has 0 radical (unpaired) electrons. The third-order valence-electron chi connectivity index (χ3n) is 4.69. The molecule has 1 aliphatic rings. The Labute approximate surface area is 184 Å². The lowest BCUT2D eigenvalue weighted by Crippen LogP contribution is -2.42. The summed E-state index contributed by atoms with van der Waals surface area (Å²) in [5, 5.41) is 0. The van der Waals surface area contributed by atoms with E-state index in [1.807, 2.05) is 43.3 Å². The van der Waals surface area contributed by atoms with Gasteiger partial charge in [-0.1, -0.05) is 25.1 Å². The van der Waals surface area contributed by atoms with E-state index in [-0.39, 0.29) is 24.0 Å². The monoisotopic (exact) mass is 496 g/mol. The van der Waals surface area contributed by atoms with Crippen LogP contribution in [0.25, 0.3) is 0 Å². The summed E-state index contributed by atoms with van der Waals surface area (Å²) in [6.45, 7) is 7.30. The predicted octanol–water partition coefficient (Wildman–Crippen LogP) is 4.44. The van der Waals surface area contributed by atoms with Crippen molar-refractivity contribution in [2.45, 2.75) is 33.2 Å². The van der Waals surface area contributed by atoms with E-state index in [0.29, 0.717) is 36.5 Å². The van der Waals surface area contributed by atoms with Gasteiger partial charge in [-0.15, -0.1) is 24.0 Å². The Morgan fingerprint density at radius 2 is 1.89 bits per heavy atom. The second-order valence-electron chi connectivity index (χ2n) is 6.83. The van der Waals surface area contributed by atoms with Crippen LogP contribution < -0.4 is 15.2 Å². The number of aliphatic imine (C=N–C) groups is 1. The second-order valence-corrected chi connectivity index (χ2v) is 6.83. The summed E-state index contributed by atoms with van der Waals surface area (Å²) in [5.74, 6) is 3.28. The van der Waals surface area contributed by atoms with Crippen LogP contribution in [0.3, 0.4) is 0 Å². The number of rotatable bonds is 6. The SMILES string of the molecule is CCOc1ccccc1Oc1ccc(CN=C(N)N2CCC(C)CC2)cn1.I. The highest BCUT2D eigenvalue weighted by Gasteiger charge is 2.16. The summed E-state index contributed by atoms with van der Waals surface area (Å²) in [4.78, 5) is 11.1. The van der Waals surface area contributed by atoms with Crippen molar-refractivity contribution < 1.29 is 9.47 Å². The molecule has 1 aromatic heterocycles. The first kappa shape index (κ1) is 22.3. The first-order valence-corrected chi connectivity index (χ1v) is 9.55. The molecule has 2 heterocycles. The van der Waals surface area contributed by atoms with E-state index < -0.39 is 0 Å². The molecule has 1 aromatic carbocycles. The Hall–Kier alpha value is -2.03. The van der Waals surface area contributed by atoms with Crippen LogP contribution in [0.15, 0.2) is 47.6 Å². The maximum atomic E-state index is 6.14. The van der Waals surface area contributed by atoms with E-state index in [0.717, 1.165) is 24.6 Å². The van der Waals surface area contributed by atoms with Crippen LogP contribution in [0.5, 0.6) is 17.4 Å². The molecule has 6 nitrogen and oxygen atoms in total. The van der Waals surface area contributed by atoms with Crippen LogP contribution in [0, 0.1) is 5.92 Å². The molecule has 0 spiro atoms. The van der Waals surface area contributed by atoms with Crippen LogP contribution in [0.2, 0.25) is 0 Å². The molecule has 3 rings (SSSR count). The van der Waals surface area contributed by atoms with Gasteiger partial charge in [-0.3, -0.25) is 0 Å². The number of guanidine groups is 1. The summed E-state index contributed by atoms with van der Waals surface area (Å²) < 4.78 is 11.4. The lowest BCUT2D eigenvalue weighted by Gasteiger charge is -2.31. The number of nitrogens with two attached hydrogens (primary N) is 1. The number of ether oxygens (including phenoxy) is 2. The van der Waals surface area contributed by atoms with Gasteiger partial charge >= 0.3 is 0 Å². The number of hydrogen-bond acceptors (Lipinski definition) is 4. The number of aromatic nitrogens is 1. The van der Waals surface area contributed by atoms with E-state index in [9.17, 15) is 0 Å². The standard InChI is InChI=1S/C21H28N4O2.HI/c1-3-26-18-6-4-5-7-19(18)27-20-9-8-17(14-23-20)15-24-21(22)25-12-10-16(2)11-13-25;/h4-9,14,16H,3,10-13,15H2,1-2H3,(H2,22,24);1H. The molecule has 7 heteroatoms. The van der Waals surface area contributed by atoms with E-state index in [2.05, 4.69) is 21.8 Å². The summed E-state index contributed by atoms with van der Waals surface area (Å²) in [6, 6.07) is 11.4. The molecule has 0 atom stereocenters. The molecule has 0 unspecified atom stereocenters. The van der Waals surface area contributed by atoms with Crippen LogP contribution in [-0.2, 0) is 6.54 Å². The molecule has 1 aliphatic heterocycles. The number of benzene rings is 1. The summed E-state index contributed by atoms with van der Waals surface area (Å²) in [6.07, 6.45) is 4.12. The number of halogens is 1. The van der Waals surface area contributed by atoms with Gasteiger partial charge in [-0.2, -0.15) is 0 Å². The fourth-order valence-corrected chi connectivity index (χ4v) is 3.00. The number of hydrogen-bond donors (Lipinski definition) is 1. The smallest absolute Gasteiger partial charge is 0.219 e. The topological polar surface area (TPSA) is 73.0 Å². The minimum absolute atomic E-state index is 0. The van der Waals surface area contributed by atoms with Gasteiger partial charge in [-0.05, 0) is 43.4 Å². The van der Waals surface area contributed by atoms with Crippen LogP contribution >= 0.6 is 24.0 Å². The zero-order chi connectivity index (χ0) is 19.1. The Morgan fingerprint density at radius 1 is 1.18 bits per heavy atom. The lowest BCUT2D eigenvalue weighted by atomic mass is 10.00. The van der Waals surface area contributed by atoms with Crippen molar-refractivity contribution in [3.05, 3.63) is 48.2 Å². The van der Waals surface area contributed by atoms with E-state index in [1.54, 1.807) is 6.20 Å². The molecule has 0 bridgehead atoms. The Balaban J connectivity index is 0.00000280. The minimum Gasteiger partial charge on any atom is -0.490 e. The molecular weight excluding hydrogens is 467 g/mol. The molecular formula is C21H29IN4O2. The third kappa shape index (κ3) is 6.25. The highest BCUT2D eigenvalue weighted by Crippen LogP contribution is 2.30. The Morgan fingerprint density at radius 3 is 2.54 bits per heavy atom. The molecule has 28 heavy (non-hydrogen) atoms. The van der Waals surface area contributed by atoms with E-state index in [1.165, 1.54) is 12.8 Å². The largest absolute Gasteiger partial charge is 0.490 e. The number of nitrogens with zero attached hydrogens (tertiary/aromatic N) is 3. The first-order chi connectivity index (χ1) is 13.2. The van der Waals surface area contributed by atoms with Crippen molar-refractivity contribution in [3.63, 3.8) is 0 Å². The fraction of sp³-hybridized carbons (Fsp3) is 0.429. The summed E-state index contributed by atoms with van der Waals surface area (Å²) in [5.41, 5.74) is 7.13. The predicted molar refractivity (Wildman–Crippen MR) is 123 cm³/mol. The van der Waals surface area contributed by atoms with Crippen molar-refractivity contribution in [3.8, 4) is 17.4 Å². The molecule has 1 fully saturated rings. The normalized spacial score (nSPS) is 15.1. The average Bonchev–Trinajstić information content (AvgIpc) is 2.69. The fourth-order valence-electron chi connectivity index (χ4n) is 3.00. The van der Waals surface area contributed by atoms with Gasteiger partial charge in [0, 0.05) is 25.4 Å². The van der Waals surface area contributed by atoms with Gasteiger partial charge in [0.25, 0.3) is 0 Å². The third-order valence-corrected chi connectivity index (χ3v) is 4.69. The average molecular weight is 496 g/mol. The van der Waals surface area contributed by atoms with Crippen LogP contribution in [0.1, 0.15) is 32.3 Å². The highest BCUT2D eigenvalue weighted by molar-refractivity contribution is 14.0. The molecule has 0 amide bonds. The number of pyridine rings is 1. The maximum Gasteiger partial charge on any atom is 0.219 e. The zero-order valence-electron chi connectivity index (χ0n) is 16.5. The second kappa shape index (κ2) is 11.1. The molecule has 2 aromatic rings. The lowest BCUT2D eigenvalue weighted by molar-refractivity contribution is 0.277. The summed E-state index contributed by atoms with van der Waals surface area (Å²) >= 11 is 0. The van der Waals surface area contributed by atoms with Crippen molar-refractivity contribution in [2.75, 3.05) is 19.7 Å². The molecule has 0 saturated carbocycles. The molecule has 0 aliphatic carbocycles. The maximum absolute atomic E-state index is 6.14. The van der Waals surface area contributed by atoms with Crippen molar-refractivity contribution >= 4 is 29.9 Å². The van der Waals surface area contributed by atoms with Crippen LogP contribution in [-0.4, -0.2) is 35.5 Å². The minimum atomic E-state index is 0. The number of para-hydroxylation sites is 2. The number of piperidine rings is 1. The molecule has 152 valence electrons. The highest BCUT2D eigenvalue weighted by atomic mass is 127.